The first-order valence-corrected chi connectivity index (χ1v) is 8.17. The lowest BCUT2D eigenvalue weighted by molar-refractivity contribution is -0.123. The van der Waals surface area contributed by atoms with Crippen molar-refractivity contribution in [2.24, 2.45) is 5.92 Å². The zero-order chi connectivity index (χ0) is 16.2. The van der Waals surface area contributed by atoms with Crippen molar-refractivity contribution in [3.63, 3.8) is 0 Å². The molecule has 3 nitrogen and oxygen atoms in total. The zero-order valence-corrected chi connectivity index (χ0v) is 13.8. The number of methoxy groups -OCH3 is 1. The Hall–Kier alpha value is -1.84. The topological polar surface area (TPSA) is 38.3 Å². The lowest BCUT2D eigenvalue weighted by Crippen LogP contribution is -2.30. The molecule has 1 unspecified atom stereocenters. The molecule has 0 bridgehead atoms. The van der Waals surface area contributed by atoms with Gasteiger partial charge in [-0.25, -0.2) is 0 Å². The van der Waals surface area contributed by atoms with E-state index in [1.54, 1.807) is 7.11 Å². The molecule has 2 aromatic rings. The minimum Gasteiger partial charge on any atom is -0.375 e. The SMILES string of the molecule is COC(CNC(=O)[C@H]1C[C@@H]1c1ccccc1)c1cccc(Cl)c1. The van der Waals surface area contributed by atoms with Crippen LogP contribution in [0.3, 0.4) is 0 Å². The van der Waals surface area contributed by atoms with E-state index in [0.29, 0.717) is 17.5 Å². The Morgan fingerprint density at radius 1 is 1.26 bits per heavy atom. The van der Waals surface area contributed by atoms with Crippen LogP contribution in [0, 0.1) is 5.92 Å². The predicted molar refractivity (Wildman–Crippen MR) is 91.5 cm³/mol. The summed E-state index contributed by atoms with van der Waals surface area (Å²) < 4.78 is 5.48. The number of ether oxygens (including phenoxy) is 1. The normalized spacial score (nSPS) is 20.8. The molecule has 1 N–H and O–H groups in total. The molecule has 1 aliphatic rings. The average molecular weight is 330 g/mol. The van der Waals surface area contributed by atoms with Gasteiger partial charge in [0.1, 0.15) is 0 Å². The van der Waals surface area contributed by atoms with Gasteiger partial charge in [0.25, 0.3) is 0 Å². The molecule has 23 heavy (non-hydrogen) atoms. The van der Waals surface area contributed by atoms with Crippen molar-refractivity contribution in [2.45, 2.75) is 18.4 Å². The van der Waals surface area contributed by atoms with Crippen LogP contribution in [0.1, 0.15) is 29.6 Å². The van der Waals surface area contributed by atoms with Crippen molar-refractivity contribution in [3.05, 3.63) is 70.7 Å². The Morgan fingerprint density at radius 3 is 2.74 bits per heavy atom. The number of amides is 1. The third-order valence-electron chi connectivity index (χ3n) is 4.32. The van der Waals surface area contributed by atoms with Gasteiger partial charge in [0.2, 0.25) is 5.91 Å². The molecule has 1 fully saturated rings. The number of rotatable bonds is 6. The summed E-state index contributed by atoms with van der Waals surface area (Å²) in [7, 11) is 1.64. The van der Waals surface area contributed by atoms with Crippen molar-refractivity contribution in [1.29, 1.82) is 0 Å². The van der Waals surface area contributed by atoms with Crippen LogP contribution in [-0.2, 0) is 9.53 Å². The van der Waals surface area contributed by atoms with Crippen LogP contribution >= 0.6 is 11.6 Å². The van der Waals surface area contributed by atoms with E-state index in [-0.39, 0.29) is 17.9 Å². The summed E-state index contributed by atoms with van der Waals surface area (Å²) >= 11 is 6.01. The highest BCUT2D eigenvalue weighted by atomic mass is 35.5. The number of hydrogen-bond donors (Lipinski definition) is 1. The number of carbonyl (C=O) groups is 1. The molecule has 2 aromatic carbocycles. The van der Waals surface area contributed by atoms with Crippen molar-refractivity contribution in [1.82, 2.24) is 5.32 Å². The van der Waals surface area contributed by atoms with Gasteiger partial charge in [-0.05, 0) is 35.6 Å². The average Bonchev–Trinajstić information content (AvgIpc) is 3.37. The van der Waals surface area contributed by atoms with Crippen LogP contribution in [0.5, 0.6) is 0 Å². The highest BCUT2D eigenvalue weighted by molar-refractivity contribution is 6.30. The van der Waals surface area contributed by atoms with E-state index in [9.17, 15) is 4.79 Å². The molecule has 0 heterocycles. The fourth-order valence-corrected chi connectivity index (χ4v) is 3.12. The molecule has 0 aliphatic heterocycles. The van der Waals surface area contributed by atoms with Crippen molar-refractivity contribution >= 4 is 17.5 Å². The summed E-state index contributed by atoms with van der Waals surface area (Å²) in [4.78, 5) is 12.3. The van der Waals surface area contributed by atoms with E-state index < -0.39 is 0 Å². The maximum absolute atomic E-state index is 12.3. The molecule has 0 spiro atoms. The molecule has 4 heteroatoms. The summed E-state index contributed by atoms with van der Waals surface area (Å²) in [5, 5.41) is 3.67. The van der Waals surface area contributed by atoms with Gasteiger partial charge < -0.3 is 10.1 Å². The molecular formula is C19H20ClNO2. The van der Waals surface area contributed by atoms with E-state index in [1.807, 2.05) is 42.5 Å². The summed E-state index contributed by atoms with van der Waals surface area (Å²) in [6, 6.07) is 17.7. The summed E-state index contributed by atoms with van der Waals surface area (Å²) in [5.41, 5.74) is 2.21. The Labute approximate surface area is 141 Å². The van der Waals surface area contributed by atoms with Gasteiger partial charge in [-0.3, -0.25) is 4.79 Å². The second-order valence-corrected chi connectivity index (χ2v) is 6.32. The monoisotopic (exact) mass is 329 g/mol. The third-order valence-corrected chi connectivity index (χ3v) is 4.56. The zero-order valence-electron chi connectivity index (χ0n) is 13.0. The van der Waals surface area contributed by atoms with E-state index in [0.717, 1.165) is 12.0 Å². The van der Waals surface area contributed by atoms with Gasteiger partial charge in [0.05, 0.1) is 6.10 Å². The molecular weight excluding hydrogens is 310 g/mol. The number of carbonyl (C=O) groups excluding carboxylic acids is 1. The summed E-state index contributed by atoms with van der Waals surface area (Å²) in [6.07, 6.45) is 0.733. The van der Waals surface area contributed by atoms with Gasteiger partial charge in [-0.2, -0.15) is 0 Å². The molecule has 120 valence electrons. The number of nitrogens with one attached hydrogen (secondary N) is 1. The summed E-state index contributed by atoms with van der Waals surface area (Å²) in [5.74, 6) is 0.528. The number of hydrogen-bond acceptors (Lipinski definition) is 2. The van der Waals surface area contributed by atoms with Crippen LogP contribution in [0.4, 0.5) is 0 Å². The van der Waals surface area contributed by atoms with Gasteiger partial charge in [0.15, 0.2) is 0 Å². The second-order valence-electron chi connectivity index (χ2n) is 5.88. The number of benzene rings is 2. The van der Waals surface area contributed by atoms with Gasteiger partial charge in [0, 0.05) is 24.6 Å². The fourth-order valence-electron chi connectivity index (χ4n) is 2.92. The molecule has 3 atom stereocenters. The van der Waals surface area contributed by atoms with E-state index in [1.165, 1.54) is 5.56 Å². The Balaban J connectivity index is 1.55. The van der Waals surface area contributed by atoms with Gasteiger partial charge >= 0.3 is 0 Å². The van der Waals surface area contributed by atoms with Crippen LogP contribution in [0.15, 0.2) is 54.6 Å². The fraction of sp³-hybridized carbons (Fsp3) is 0.316. The van der Waals surface area contributed by atoms with E-state index >= 15 is 0 Å². The molecule has 0 aromatic heterocycles. The van der Waals surface area contributed by atoms with Crippen LogP contribution < -0.4 is 5.32 Å². The van der Waals surface area contributed by atoms with E-state index in [4.69, 9.17) is 16.3 Å². The molecule has 3 rings (SSSR count). The Bertz CT molecular complexity index is 674. The molecule has 1 amide bonds. The molecule has 0 radical (unpaired) electrons. The second kappa shape index (κ2) is 7.16. The maximum Gasteiger partial charge on any atom is 0.223 e. The Morgan fingerprint density at radius 2 is 2.04 bits per heavy atom. The first kappa shape index (κ1) is 16.0. The van der Waals surface area contributed by atoms with Crippen LogP contribution in [0.25, 0.3) is 0 Å². The largest absolute Gasteiger partial charge is 0.375 e. The third kappa shape index (κ3) is 3.92. The first-order chi connectivity index (χ1) is 11.2. The minimum atomic E-state index is -0.188. The standard InChI is InChI=1S/C19H20ClNO2/c1-23-18(14-8-5-9-15(20)10-14)12-21-19(22)17-11-16(17)13-6-3-2-4-7-13/h2-10,16-18H,11-12H2,1H3,(H,21,22)/t16-,17+,18?/m1/s1. The smallest absolute Gasteiger partial charge is 0.223 e. The number of halogens is 1. The Kier molecular flexibility index (Phi) is 4.99. The summed E-state index contributed by atoms with van der Waals surface area (Å²) in [6.45, 7) is 0.452. The van der Waals surface area contributed by atoms with Crippen molar-refractivity contribution in [3.8, 4) is 0 Å². The molecule has 0 saturated heterocycles. The minimum absolute atomic E-state index is 0.0780. The predicted octanol–water partition coefficient (Wildman–Crippen LogP) is 3.95. The lowest BCUT2D eigenvalue weighted by Gasteiger charge is -2.17. The first-order valence-electron chi connectivity index (χ1n) is 7.80. The van der Waals surface area contributed by atoms with Gasteiger partial charge in [-0.15, -0.1) is 0 Å². The van der Waals surface area contributed by atoms with Crippen molar-refractivity contribution < 1.29 is 9.53 Å². The quantitative estimate of drug-likeness (QED) is 0.871. The lowest BCUT2D eigenvalue weighted by atomic mass is 10.1. The highest BCUT2D eigenvalue weighted by Crippen LogP contribution is 2.47. The van der Waals surface area contributed by atoms with Crippen molar-refractivity contribution in [2.75, 3.05) is 13.7 Å². The van der Waals surface area contributed by atoms with Crippen LogP contribution in [0.2, 0.25) is 5.02 Å². The molecule has 1 saturated carbocycles. The highest BCUT2D eigenvalue weighted by Gasteiger charge is 2.43. The molecule has 1 aliphatic carbocycles. The van der Waals surface area contributed by atoms with Crippen LogP contribution in [-0.4, -0.2) is 19.6 Å². The van der Waals surface area contributed by atoms with E-state index in [2.05, 4.69) is 17.4 Å². The van der Waals surface area contributed by atoms with Gasteiger partial charge in [-0.1, -0.05) is 54.1 Å². The maximum atomic E-state index is 12.3.